The van der Waals surface area contributed by atoms with Gasteiger partial charge in [-0.15, -0.1) is 0 Å². The molecule has 0 aliphatic rings. The molecule has 18 heavy (non-hydrogen) atoms. The van der Waals surface area contributed by atoms with Crippen molar-refractivity contribution in [2.45, 2.75) is 13.3 Å². The largest absolute Gasteiger partial charge is 0.289 e. The number of carbonyl (C=O) groups excluding carboxylic acids is 1. The topological polar surface area (TPSA) is 30.0 Å². The van der Waals surface area contributed by atoms with Crippen LogP contribution < -0.4 is 0 Å². The van der Waals surface area contributed by atoms with Gasteiger partial charge in [0.2, 0.25) is 0 Å². The number of allylic oxidation sites excluding steroid dienone is 1. The number of pyridine rings is 1. The molecule has 0 radical (unpaired) electrons. The van der Waals surface area contributed by atoms with E-state index in [9.17, 15) is 4.79 Å². The van der Waals surface area contributed by atoms with Crippen molar-refractivity contribution in [2.75, 3.05) is 0 Å². The average molecular weight is 237 g/mol. The molecule has 2 nitrogen and oxygen atoms in total. The number of benzene rings is 1. The van der Waals surface area contributed by atoms with Gasteiger partial charge < -0.3 is 0 Å². The molecule has 0 bridgehead atoms. The van der Waals surface area contributed by atoms with E-state index in [1.807, 2.05) is 42.5 Å². The van der Waals surface area contributed by atoms with Crippen molar-refractivity contribution in [3.63, 3.8) is 0 Å². The molecule has 1 aromatic heterocycles. The SMILES string of the molecule is CCc1ccc(C(=O)/C=C/c2ccccn2)cc1. The van der Waals surface area contributed by atoms with E-state index < -0.39 is 0 Å². The summed E-state index contributed by atoms with van der Waals surface area (Å²) in [5.41, 5.74) is 2.73. The molecule has 0 aliphatic carbocycles. The maximum absolute atomic E-state index is 11.9. The van der Waals surface area contributed by atoms with E-state index in [0.717, 1.165) is 12.1 Å². The lowest BCUT2D eigenvalue weighted by Crippen LogP contribution is -1.94. The highest BCUT2D eigenvalue weighted by molar-refractivity contribution is 6.06. The normalized spacial score (nSPS) is 10.7. The van der Waals surface area contributed by atoms with E-state index in [1.54, 1.807) is 18.3 Å². The highest BCUT2D eigenvalue weighted by atomic mass is 16.1. The standard InChI is InChI=1S/C16H15NO/c1-2-13-6-8-14(9-7-13)16(18)11-10-15-5-3-4-12-17-15/h3-12H,2H2,1H3/b11-10+. The molecule has 0 saturated heterocycles. The summed E-state index contributed by atoms with van der Waals surface area (Å²) in [6.07, 6.45) is 5.98. The highest BCUT2D eigenvalue weighted by Crippen LogP contribution is 2.07. The molecule has 0 spiro atoms. The van der Waals surface area contributed by atoms with Gasteiger partial charge >= 0.3 is 0 Å². The Bertz CT molecular complexity index is 541. The third-order valence-electron chi connectivity index (χ3n) is 2.74. The Morgan fingerprint density at radius 1 is 1.17 bits per heavy atom. The first-order valence-corrected chi connectivity index (χ1v) is 6.02. The Labute approximate surface area is 107 Å². The van der Waals surface area contributed by atoms with E-state index in [2.05, 4.69) is 11.9 Å². The fourth-order valence-electron chi connectivity index (χ4n) is 1.64. The predicted octanol–water partition coefficient (Wildman–Crippen LogP) is 3.54. The number of rotatable bonds is 4. The monoisotopic (exact) mass is 237 g/mol. The van der Waals surface area contributed by atoms with E-state index in [-0.39, 0.29) is 5.78 Å². The van der Waals surface area contributed by atoms with Gasteiger partial charge in [0, 0.05) is 11.8 Å². The first kappa shape index (κ1) is 12.2. The summed E-state index contributed by atoms with van der Waals surface area (Å²) >= 11 is 0. The molecule has 0 fully saturated rings. The van der Waals surface area contributed by atoms with Crippen LogP contribution in [-0.4, -0.2) is 10.8 Å². The van der Waals surface area contributed by atoms with Gasteiger partial charge in [0.25, 0.3) is 0 Å². The number of aryl methyl sites for hydroxylation is 1. The number of carbonyl (C=O) groups is 1. The van der Waals surface area contributed by atoms with Crippen molar-refractivity contribution in [2.24, 2.45) is 0 Å². The fourth-order valence-corrected chi connectivity index (χ4v) is 1.64. The summed E-state index contributed by atoms with van der Waals surface area (Å²) in [6.45, 7) is 2.10. The van der Waals surface area contributed by atoms with Crippen molar-refractivity contribution >= 4 is 11.9 Å². The summed E-state index contributed by atoms with van der Waals surface area (Å²) < 4.78 is 0. The van der Waals surface area contributed by atoms with E-state index in [0.29, 0.717) is 5.56 Å². The second-order valence-corrected chi connectivity index (χ2v) is 4.00. The Hall–Kier alpha value is -2.22. The quantitative estimate of drug-likeness (QED) is 0.601. The van der Waals surface area contributed by atoms with Crippen LogP contribution in [0.3, 0.4) is 0 Å². The Morgan fingerprint density at radius 3 is 2.56 bits per heavy atom. The van der Waals surface area contributed by atoms with Gasteiger partial charge in [-0.2, -0.15) is 0 Å². The minimum atomic E-state index is 0.00306. The third kappa shape index (κ3) is 3.14. The molecule has 2 heteroatoms. The smallest absolute Gasteiger partial charge is 0.185 e. The van der Waals surface area contributed by atoms with Crippen molar-refractivity contribution in [3.8, 4) is 0 Å². The second kappa shape index (κ2) is 5.92. The minimum Gasteiger partial charge on any atom is -0.289 e. The van der Waals surface area contributed by atoms with Crippen LogP contribution >= 0.6 is 0 Å². The maximum Gasteiger partial charge on any atom is 0.185 e. The molecule has 0 N–H and O–H groups in total. The maximum atomic E-state index is 11.9. The van der Waals surface area contributed by atoms with Crippen molar-refractivity contribution in [1.29, 1.82) is 0 Å². The van der Waals surface area contributed by atoms with Crippen LogP contribution in [0.15, 0.2) is 54.7 Å². The molecule has 0 amide bonds. The molecule has 0 unspecified atom stereocenters. The first-order valence-electron chi connectivity index (χ1n) is 6.02. The second-order valence-electron chi connectivity index (χ2n) is 4.00. The molecule has 0 aliphatic heterocycles. The summed E-state index contributed by atoms with van der Waals surface area (Å²) in [4.78, 5) is 16.0. The van der Waals surface area contributed by atoms with Gasteiger partial charge in [0.05, 0.1) is 5.69 Å². The van der Waals surface area contributed by atoms with Crippen molar-refractivity contribution in [3.05, 3.63) is 71.6 Å². The molecular weight excluding hydrogens is 222 g/mol. The summed E-state index contributed by atoms with van der Waals surface area (Å²) in [5, 5.41) is 0. The number of nitrogens with zero attached hydrogens (tertiary/aromatic N) is 1. The van der Waals surface area contributed by atoms with Crippen LogP contribution in [-0.2, 0) is 6.42 Å². The molecule has 2 aromatic rings. The van der Waals surface area contributed by atoms with Crippen molar-refractivity contribution in [1.82, 2.24) is 4.98 Å². The zero-order valence-corrected chi connectivity index (χ0v) is 10.3. The summed E-state index contributed by atoms with van der Waals surface area (Å²) in [6, 6.07) is 13.3. The summed E-state index contributed by atoms with van der Waals surface area (Å²) in [7, 11) is 0. The van der Waals surface area contributed by atoms with Gasteiger partial charge in [-0.25, -0.2) is 0 Å². The van der Waals surface area contributed by atoms with Crippen LogP contribution in [0, 0.1) is 0 Å². The molecule has 90 valence electrons. The Morgan fingerprint density at radius 2 is 1.94 bits per heavy atom. The first-order chi connectivity index (χ1) is 8.79. The molecule has 1 aromatic carbocycles. The number of hydrogen-bond acceptors (Lipinski definition) is 2. The fraction of sp³-hybridized carbons (Fsp3) is 0.125. The van der Waals surface area contributed by atoms with Crippen LogP contribution in [0.25, 0.3) is 6.08 Å². The lowest BCUT2D eigenvalue weighted by atomic mass is 10.1. The van der Waals surface area contributed by atoms with Gasteiger partial charge in [0.15, 0.2) is 5.78 Å². The molecule has 1 heterocycles. The predicted molar refractivity (Wildman–Crippen MR) is 73.4 cm³/mol. The lowest BCUT2D eigenvalue weighted by Gasteiger charge is -1.98. The molecular formula is C16H15NO. The third-order valence-corrected chi connectivity index (χ3v) is 2.74. The Balaban J connectivity index is 2.09. The van der Waals surface area contributed by atoms with Gasteiger partial charge in [-0.3, -0.25) is 9.78 Å². The van der Waals surface area contributed by atoms with Crippen molar-refractivity contribution < 1.29 is 4.79 Å². The Kier molecular flexibility index (Phi) is 4.02. The zero-order valence-electron chi connectivity index (χ0n) is 10.3. The molecule has 0 atom stereocenters. The van der Waals surface area contributed by atoms with Crippen LogP contribution in [0.1, 0.15) is 28.5 Å². The van der Waals surface area contributed by atoms with E-state index >= 15 is 0 Å². The van der Waals surface area contributed by atoms with Crippen LogP contribution in [0.4, 0.5) is 0 Å². The lowest BCUT2D eigenvalue weighted by molar-refractivity contribution is 0.104. The van der Waals surface area contributed by atoms with Gasteiger partial charge in [-0.1, -0.05) is 37.3 Å². The number of hydrogen-bond donors (Lipinski definition) is 0. The van der Waals surface area contributed by atoms with E-state index in [1.165, 1.54) is 5.56 Å². The highest BCUT2D eigenvalue weighted by Gasteiger charge is 2.01. The minimum absolute atomic E-state index is 0.00306. The molecule has 0 saturated carbocycles. The van der Waals surface area contributed by atoms with Crippen LogP contribution in [0.2, 0.25) is 0 Å². The van der Waals surface area contributed by atoms with Gasteiger partial charge in [-0.05, 0) is 36.3 Å². The van der Waals surface area contributed by atoms with Gasteiger partial charge in [0.1, 0.15) is 0 Å². The zero-order chi connectivity index (χ0) is 12.8. The molecule has 2 rings (SSSR count). The van der Waals surface area contributed by atoms with E-state index in [4.69, 9.17) is 0 Å². The number of ketones is 1. The average Bonchev–Trinajstić information content (AvgIpc) is 2.46. The number of aromatic nitrogens is 1. The summed E-state index contributed by atoms with van der Waals surface area (Å²) in [5.74, 6) is 0.00306. The van der Waals surface area contributed by atoms with Crippen LogP contribution in [0.5, 0.6) is 0 Å².